The predicted octanol–water partition coefficient (Wildman–Crippen LogP) is 4.99. The molecule has 136 valence electrons. The first kappa shape index (κ1) is 18.5. The van der Waals surface area contributed by atoms with E-state index in [0.717, 1.165) is 33.1 Å². The topological polar surface area (TPSA) is 56.3 Å². The number of halogens is 1. The van der Waals surface area contributed by atoms with Gasteiger partial charge in [-0.2, -0.15) is 0 Å². The van der Waals surface area contributed by atoms with Crippen molar-refractivity contribution in [2.45, 2.75) is 10.8 Å². The third-order valence-electron chi connectivity index (χ3n) is 3.34. The number of benzene rings is 2. The van der Waals surface area contributed by atoms with Gasteiger partial charge < -0.3 is 14.8 Å². The molecule has 0 bridgehead atoms. The summed E-state index contributed by atoms with van der Waals surface area (Å²) < 4.78 is 24.4. The molecule has 26 heavy (non-hydrogen) atoms. The van der Waals surface area contributed by atoms with Gasteiger partial charge in [0.05, 0.1) is 13.7 Å². The minimum Gasteiger partial charge on any atom is -0.497 e. The first-order valence-electron chi connectivity index (χ1n) is 7.99. The van der Waals surface area contributed by atoms with Gasteiger partial charge in [0, 0.05) is 11.4 Å². The second-order valence-corrected chi connectivity index (χ2v) is 7.55. The lowest BCUT2D eigenvalue weighted by atomic mass is 10.3. The Morgan fingerprint density at radius 3 is 2.50 bits per heavy atom. The standard InChI is InChI=1S/C18H18FN3O2S2/c1-23-15-9-5-14(6-10-15)20-17-21-22-18(26-17)25-12-2-11-24-16-7-3-13(19)4-8-16/h3-10H,2,11-12H2,1H3,(H,20,21). The van der Waals surface area contributed by atoms with Crippen molar-refractivity contribution in [2.24, 2.45) is 0 Å². The molecule has 2 aromatic carbocycles. The third kappa shape index (κ3) is 5.60. The molecule has 0 radical (unpaired) electrons. The predicted molar refractivity (Wildman–Crippen MR) is 103 cm³/mol. The smallest absolute Gasteiger partial charge is 0.210 e. The Bertz CT molecular complexity index is 810. The van der Waals surface area contributed by atoms with Crippen molar-refractivity contribution in [3.8, 4) is 11.5 Å². The lowest BCUT2D eigenvalue weighted by molar-refractivity contribution is 0.318. The molecule has 8 heteroatoms. The Labute approximate surface area is 159 Å². The number of anilines is 2. The van der Waals surface area contributed by atoms with Gasteiger partial charge in [0.25, 0.3) is 0 Å². The quantitative estimate of drug-likeness (QED) is 0.410. The van der Waals surface area contributed by atoms with E-state index in [9.17, 15) is 4.39 Å². The minimum absolute atomic E-state index is 0.261. The summed E-state index contributed by atoms with van der Waals surface area (Å²) >= 11 is 3.15. The van der Waals surface area contributed by atoms with Gasteiger partial charge in [-0.3, -0.25) is 0 Å². The van der Waals surface area contributed by atoms with Crippen molar-refractivity contribution in [2.75, 3.05) is 24.8 Å². The van der Waals surface area contributed by atoms with Gasteiger partial charge >= 0.3 is 0 Å². The highest BCUT2D eigenvalue weighted by Gasteiger charge is 2.05. The fraction of sp³-hybridized carbons (Fsp3) is 0.222. The molecule has 1 aromatic heterocycles. The molecular weight excluding hydrogens is 373 g/mol. The summed E-state index contributed by atoms with van der Waals surface area (Å²) in [7, 11) is 1.64. The molecule has 1 heterocycles. The monoisotopic (exact) mass is 391 g/mol. The summed E-state index contributed by atoms with van der Waals surface area (Å²) in [6.45, 7) is 0.578. The van der Waals surface area contributed by atoms with Gasteiger partial charge in [-0.1, -0.05) is 23.1 Å². The van der Waals surface area contributed by atoms with Crippen LogP contribution in [0.4, 0.5) is 15.2 Å². The highest BCUT2D eigenvalue weighted by Crippen LogP contribution is 2.28. The van der Waals surface area contributed by atoms with Crippen LogP contribution in [0.2, 0.25) is 0 Å². The number of rotatable bonds is 9. The van der Waals surface area contributed by atoms with Crippen LogP contribution in [0.15, 0.2) is 52.9 Å². The van der Waals surface area contributed by atoms with Gasteiger partial charge in [-0.15, -0.1) is 10.2 Å². The Hall–Kier alpha value is -2.32. The molecule has 0 aliphatic carbocycles. The van der Waals surface area contributed by atoms with Gasteiger partial charge in [-0.25, -0.2) is 4.39 Å². The van der Waals surface area contributed by atoms with E-state index in [4.69, 9.17) is 9.47 Å². The molecule has 0 aliphatic rings. The third-order valence-corrected chi connectivity index (χ3v) is 5.40. The van der Waals surface area contributed by atoms with Crippen molar-refractivity contribution in [3.63, 3.8) is 0 Å². The zero-order chi connectivity index (χ0) is 18.2. The Morgan fingerprint density at radius 1 is 1.04 bits per heavy atom. The highest BCUT2D eigenvalue weighted by atomic mass is 32.2. The van der Waals surface area contributed by atoms with E-state index in [-0.39, 0.29) is 5.82 Å². The van der Waals surface area contributed by atoms with Crippen LogP contribution in [-0.2, 0) is 0 Å². The van der Waals surface area contributed by atoms with Crippen molar-refractivity contribution < 1.29 is 13.9 Å². The van der Waals surface area contributed by atoms with Crippen molar-refractivity contribution in [3.05, 3.63) is 54.3 Å². The Morgan fingerprint density at radius 2 is 1.77 bits per heavy atom. The molecule has 0 atom stereocenters. The maximum absolute atomic E-state index is 12.8. The highest BCUT2D eigenvalue weighted by molar-refractivity contribution is 8.01. The van der Waals surface area contributed by atoms with E-state index in [1.165, 1.54) is 23.5 Å². The van der Waals surface area contributed by atoms with E-state index in [1.54, 1.807) is 31.0 Å². The number of thioether (sulfide) groups is 1. The van der Waals surface area contributed by atoms with Crippen LogP contribution in [0.1, 0.15) is 6.42 Å². The molecular formula is C18H18FN3O2S2. The van der Waals surface area contributed by atoms with Crippen LogP contribution in [-0.4, -0.2) is 29.7 Å². The lowest BCUT2D eigenvalue weighted by Crippen LogP contribution is -1.98. The molecule has 1 N–H and O–H groups in total. The molecule has 3 rings (SSSR count). The normalized spacial score (nSPS) is 10.5. The summed E-state index contributed by atoms with van der Waals surface area (Å²) in [6, 6.07) is 13.7. The van der Waals surface area contributed by atoms with Gasteiger partial charge in [0.2, 0.25) is 5.13 Å². The summed E-state index contributed by atoms with van der Waals surface area (Å²) in [5, 5.41) is 12.3. The zero-order valence-electron chi connectivity index (χ0n) is 14.1. The largest absolute Gasteiger partial charge is 0.497 e. The Balaban J connectivity index is 1.38. The Kier molecular flexibility index (Phi) is 6.68. The number of hydrogen-bond donors (Lipinski definition) is 1. The maximum atomic E-state index is 12.8. The fourth-order valence-electron chi connectivity index (χ4n) is 2.06. The molecule has 0 spiro atoms. The number of methoxy groups -OCH3 is 1. The van der Waals surface area contributed by atoms with Crippen molar-refractivity contribution in [1.29, 1.82) is 0 Å². The van der Waals surface area contributed by atoms with E-state index in [0.29, 0.717) is 12.4 Å². The summed E-state index contributed by atoms with van der Waals surface area (Å²) in [6.07, 6.45) is 0.864. The van der Waals surface area contributed by atoms with Gasteiger partial charge in [0.15, 0.2) is 4.34 Å². The van der Waals surface area contributed by atoms with E-state index in [1.807, 2.05) is 24.3 Å². The molecule has 0 fully saturated rings. The summed E-state index contributed by atoms with van der Waals surface area (Å²) in [4.78, 5) is 0. The fourth-order valence-corrected chi connectivity index (χ4v) is 3.81. The van der Waals surface area contributed by atoms with Crippen LogP contribution < -0.4 is 14.8 Å². The van der Waals surface area contributed by atoms with Crippen molar-refractivity contribution in [1.82, 2.24) is 10.2 Å². The lowest BCUT2D eigenvalue weighted by Gasteiger charge is -2.05. The minimum atomic E-state index is -0.261. The molecule has 0 saturated carbocycles. The number of nitrogens with zero attached hydrogens (tertiary/aromatic N) is 2. The number of nitrogens with one attached hydrogen (secondary N) is 1. The first-order valence-corrected chi connectivity index (χ1v) is 9.79. The summed E-state index contributed by atoms with van der Waals surface area (Å²) in [5.74, 6) is 2.10. The zero-order valence-corrected chi connectivity index (χ0v) is 15.8. The van der Waals surface area contributed by atoms with E-state index >= 15 is 0 Å². The van der Waals surface area contributed by atoms with Gasteiger partial charge in [0.1, 0.15) is 17.3 Å². The van der Waals surface area contributed by atoms with E-state index < -0.39 is 0 Å². The second kappa shape index (κ2) is 9.40. The average molecular weight is 391 g/mol. The van der Waals surface area contributed by atoms with Crippen LogP contribution in [0, 0.1) is 5.82 Å². The van der Waals surface area contributed by atoms with Crippen LogP contribution in [0.25, 0.3) is 0 Å². The first-order chi connectivity index (χ1) is 12.7. The molecule has 0 saturated heterocycles. The number of ether oxygens (including phenoxy) is 2. The van der Waals surface area contributed by atoms with Gasteiger partial charge in [-0.05, 0) is 55.0 Å². The second-order valence-electron chi connectivity index (χ2n) is 5.23. The number of hydrogen-bond acceptors (Lipinski definition) is 7. The molecule has 3 aromatic rings. The molecule has 5 nitrogen and oxygen atoms in total. The maximum Gasteiger partial charge on any atom is 0.210 e. The number of aromatic nitrogens is 2. The molecule has 0 aliphatic heterocycles. The molecule has 0 unspecified atom stereocenters. The molecule has 0 amide bonds. The van der Waals surface area contributed by atoms with E-state index in [2.05, 4.69) is 15.5 Å². The SMILES string of the molecule is COc1ccc(Nc2nnc(SCCCOc3ccc(F)cc3)s2)cc1. The average Bonchev–Trinajstić information content (AvgIpc) is 3.11. The van der Waals surface area contributed by atoms with Crippen molar-refractivity contribution >= 4 is 33.9 Å². The van der Waals surface area contributed by atoms with Crippen LogP contribution >= 0.6 is 23.1 Å². The van der Waals surface area contributed by atoms with Crippen LogP contribution in [0.3, 0.4) is 0 Å². The van der Waals surface area contributed by atoms with Crippen LogP contribution in [0.5, 0.6) is 11.5 Å². The summed E-state index contributed by atoms with van der Waals surface area (Å²) in [5.41, 5.74) is 0.936.